The Morgan fingerprint density at radius 2 is 1.87 bits per heavy atom. The average molecular weight is 566 g/mol. The Bertz CT molecular complexity index is 1170. The Hall–Kier alpha value is -2.14. The molecule has 2 saturated heterocycles. The number of hydrogen-bond donors (Lipinski definition) is 0. The summed E-state index contributed by atoms with van der Waals surface area (Å²) in [4.78, 5) is 19.8. The molecule has 2 aliphatic heterocycles. The van der Waals surface area contributed by atoms with Gasteiger partial charge in [-0.15, -0.1) is 0 Å². The Balaban J connectivity index is 1.89. The molecule has 0 spiro atoms. The summed E-state index contributed by atoms with van der Waals surface area (Å²) in [6.07, 6.45) is 4.05. The van der Waals surface area contributed by atoms with Crippen LogP contribution < -0.4 is 0 Å². The van der Waals surface area contributed by atoms with E-state index in [9.17, 15) is 10.1 Å². The van der Waals surface area contributed by atoms with Crippen LogP contribution in [0.4, 0.5) is 13.6 Å². The highest BCUT2D eigenvalue weighted by Gasteiger charge is 2.62. The fraction of sp³-hybridized carbons (Fsp3) is 0.586. The van der Waals surface area contributed by atoms with Crippen LogP contribution in [0.2, 0.25) is 5.02 Å². The predicted molar refractivity (Wildman–Crippen MR) is 147 cm³/mol. The number of piperazine rings is 1. The third kappa shape index (κ3) is 5.33. The number of hydrogen-bond acceptors (Lipinski definition) is 3. The van der Waals surface area contributed by atoms with E-state index in [0.29, 0.717) is 19.5 Å². The van der Waals surface area contributed by atoms with Crippen molar-refractivity contribution >= 4 is 29.2 Å². The lowest BCUT2D eigenvalue weighted by Crippen LogP contribution is -2.57. The molecule has 1 aromatic carbocycles. The molecule has 206 valence electrons. The smallest absolute Gasteiger partial charge is 0.320 e. The van der Waals surface area contributed by atoms with E-state index in [4.69, 9.17) is 23.2 Å². The van der Waals surface area contributed by atoms with Gasteiger partial charge in [-0.3, -0.25) is 0 Å². The number of allylic oxidation sites excluding steroid dienone is 3. The standard InChI is InChI=1S/C29H36Cl2F2N4O/c1-5-35-11-13-36(14-12-35)27(38)37-17-19(16-28(2,3)4)29(18-34,22-10-9-20(30)15-24(22)32)26(37)21-7-6-8-23(31)25(21)33/h6,8-10,15,19,21,26H,5,7,11-14,16-17H2,1-4H3/t19-,21?,26-,29-/m1/s1. The summed E-state index contributed by atoms with van der Waals surface area (Å²) < 4.78 is 31.5. The fourth-order valence-corrected chi connectivity index (χ4v) is 6.87. The molecule has 0 saturated carbocycles. The van der Waals surface area contributed by atoms with Crippen LogP contribution in [0.15, 0.2) is 41.2 Å². The van der Waals surface area contributed by atoms with Gasteiger partial charge in [0.05, 0.1) is 17.1 Å². The van der Waals surface area contributed by atoms with Gasteiger partial charge in [-0.25, -0.2) is 13.6 Å². The van der Waals surface area contributed by atoms with Crippen molar-refractivity contribution in [3.63, 3.8) is 0 Å². The summed E-state index contributed by atoms with van der Waals surface area (Å²) in [7, 11) is 0. The number of likely N-dealkylation sites (tertiary alicyclic amines) is 1. The van der Waals surface area contributed by atoms with Crippen molar-refractivity contribution in [2.24, 2.45) is 17.3 Å². The number of carbonyl (C=O) groups excluding carboxylic acids is 1. The minimum atomic E-state index is -1.51. The second-order valence-corrected chi connectivity index (χ2v) is 12.7. The van der Waals surface area contributed by atoms with Gasteiger partial charge in [-0.2, -0.15) is 5.26 Å². The largest absolute Gasteiger partial charge is 0.322 e. The number of nitrogens with zero attached hydrogens (tertiary/aromatic N) is 4. The number of rotatable bonds is 4. The Kier molecular flexibility index (Phi) is 8.47. The van der Waals surface area contributed by atoms with Gasteiger partial charge in [-0.05, 0) is 43.0 Å². The topological polar surface area (TPSA) is 50.6 Å². The van der Waals surface area contributed by atoms with Crippen molar-refractivity contribution in [1.82, 2.24) is 14.7 Å². The monoisotopic (exact) mass is 564 g/mol. The van der Waals surface area contributed by atoms with E-state index < -0.39 is 34.9 Å². The molecule has 4 rings (SSSR count). The quantitative estimate of drug-likeness (QED) is 0.407. The second kappa shape index (κ2) is 11.2. The number of benzene rings is 1. The molecule has 2 amide bonds. The van der Waals surface area contributed by atoms with E-state index in [-0.39, 0.29) is 40.0 Å². The van der Waals surface area contributed by atoms with E-state index in [1.807, 2.05) is 0 Å². The second-order valence-electron chi connectivity index (χ2n) is 11.8. The van der Waals surface area contributed by atoms with Gasteiger partial charge in [0.1, 0.15) is 17.1 Å². The van der Waals surface area contributed by atoms with Crippen LogP contribution in [0.1, 0.15) is 46.1 Å². The molecule has 1 aliphatic carbocycles. The maximum absolute atomic E-state index is 15.8. The lowest BCUT2D eigenvalue weighted by atomic mass is 9.62. The molecule has 5 nitrogen and oxygen atoms in total. The van der Waals surface area contributed by atoms with Crippen molar-refractivity contribution in [2.75, 3.05) is 39.3 Å². The molecule has 0 aromatic heterocycles. The Morgan fingerprint density at radius 3 is 2.45 bits per heavy atom. The molecule has 1 aromatic rings. The van der Waals surface area contributed by atoms with Gasteiger partial charge in [-0.1, -0.05) is 63.0 Å². The summed E-state index contributed by atoms with van der Waals surface area (Å²) in [5.74, 6) is -2.52. The Labute approximate surface area is 234 Å². The highest BCUT2D eigenvalue weighted by Crippen LogP contribution is 2.54. The van der Waals surface area contributed by atoms with Gasteiger partial charge in [0.15, 0.2) is 0 Å². The molecule has 3 aliphatic rings. The van der Waals surface area contributed by atoms with Gasteiger partial charge in [0.25, 0.3) is 0 Å². The molecule has 1 unspecified atom stereocenters. The highest BCUT2D eigenvalue weighted by atomic mass is 35.5. The van der Waals surface area contributed by atoms with Crippen molar-refractivity contribution in [3.8, 4) is 6.07 Å². The molecule has 2 fully saturated rings. The third-order valence-electron chi connectivity index (χ3n) is 8.21. The summed E-state index contributed by atoms with van der Waals surface area (Å²) in [6.45, 7) is 11.9. The minimum Gasteiger partial charge on any atom is -0.322 e. The molecule has 0 N–H and O–H groups in total. The fourth-order valence-electron chi connectivity index (χ4n) is 6.48. The lowest BCUT2D eigenvalue weighted by molar-refractivity contribution is 0.0974. The van der Waals surface area contributed by atoms with Crippen LogP contribution in [0.5, 0.6) is 0 Å². The molecular weight excluding hydrogens is 529 g/mol. The first-order valence-corrected chi connectivity index (χ1v) is 14.0. The van der Waals surface area contributed by atoms with Gasteiger partial charge in [0, 0.05) is 55.1 Å². The molecule has 9 heteroatoms. The number of likely N-dealkylation sites (N-methyl/N-ethyl adjacent to an activating group) is 1. The SMILES string of the molecule is CCN1CCN(C(=O)N2C[C@@H](CC(C)(C)C)[C@](C#N)(c3ccc(Cl)cc3F)[C@H]2C2CC=CC(Cl)=C2F)CC1. The maximum atomic E-state index is 15.8. The van der Waals surface area contributed by atoms with E-state index in [1.54, 1.807) is 21.9 Å². The van der Waals surface area contributed by atoms with Crippen LogP contribution in [-0.2, 0) is 5.41 Å². The van der Waals surface area contributed by atoms with Crippen LogP contribution in [0.3, 0.4) is 0 Å². The zero-order chi connectivity index (χ0) is 27.8. The molecule has 2 heterocycles. The normalized spacial score (nSPS) is 28.7. The van der Waals surface area contributed by atoms with Gasteiger partial charge < -0.3 is 14.7 Å². The van der Waals surface area contributed by atoms with E-state index >= 15 is 8.78 Å². The minimum absolute atomic E-state index is 0.0482. The van der Waals surface area contributed by atoms with Crippen molar-refractivity contribution in [3.05, 3.63) is 57.6 Å². The van der Waals surface area contributed by atoms with E-state index in [0.717, 1.165) is 19.6 Å². The van der Waals surface area contributed by atoms with Crippen molar-refractivity contribution < 1.29 is 13.6 Å². The lowest BCUT2D eigenvalue weighted by Gasteiger charge is -2.43. The number of carbonyl (C=O) groups is 1. The van der Waals surface area contributed by atoms with E-state index in [1.165, 1.54) is 18.2 Å². The molecule has 38 heavy (non-hydrogen) atoms. The predicted octanol–water partition coefficient (Wildman–Crippen LogP) is 6.73. The maximum Gasteiger partial charge on any atom is 0.320 e. The molecule has 0 radical (unpaired) electrons. The Morgan fingerprint density at radius 1 is 1.18 bits per heavy atom. The first-order chi connectivity index (χ1) is 17.9. The van der Waals surface area contributed by atoms with E-state index in [2.05, 4.69) is 38.7 Å². The highest BCUT2D eigenvalue weighted by molar-refractivity contribution is 6.31. The van der Waals surface area contributed by atoms with Gasteiger partial charge >= 0.3 is 6.03 Å². The van der Waals surface area contributed by atoms with Crippen LogP contribution in [0.25, 0.3) is 0 Å². The van der Waals surface area contributed by atoms with Crippen molar-refractivity contribution in [1.29, 1.82) is 5.26 Å². The molecule has 4 atom stereocenters. The summed E-state index contributed by atoms with van der Waals surface area (Å²) >= 11 is 12.3. The zero-order valence-electron chi connectivity index (χ0n) is 22.5. The molecular formula is C29H36Cl2F2N4O. The number of nitriles is 1. The number of halogens is 4. The van der Waals surface area contributed by atoms with Crippen LogP contribution >= 0.6 is 23.2 Å². The number of amides is 2. The van der Waals surface area contributed by atoms with Crippen LogP contribution in [-0.4, -0.2) is 66.0 Å². The van der Waals surface area contributed by atoms with Crippen molar-refractivity contribution in [2.45, 2.75) is 52.0 Å². The average Bonchev–Trinajstić information content (AvgIpc) is 3.18. The summed E-state index contributed by atoms with van der Waals surface area (Å²) in [6, 6.07) is 5.53. The summed E-state index contributed by atoms with van der Waals surface area (Å²) in [5, 5.41) is 11.1. The molecule has 0 bridgehead atoms. The first-order valence-electron chi connectivity index (χ1n) is 13.3. The summed E-state index contributed by atoms with van der Waals surface area (Å²) in [5.41, 5.74) is -1.59. The first kappa shape index (κ1) is 28.9. The number of urea groups is 1. The van der Waals surface area contributed by atoms with Crippen LogP contribution in [0, 0.1) is 34.4 Å². The zero-order valence-corrected chi connectivity index (χ0v) is 24.0. The third-order valence-corrected chi connectivity index (χ3v) is 8.75. The van der Waals surface area contributed by atoms with Gasteiger partial charge in [0.2, 0.25) is 0 Å².